The zero-order valence-electron chi connectivity index (χ0n) is 45.5. The van der Waals surface area contributed by atoms with Crippen LogP contribution in [-0.4, -0.2) is 161 Å². The molecule has 0 aromatic heterocycles. The van der Waals surface area contributed by atoms with Crippen molar-refractivity contribution >= 4 is 40.8 Å². The number of Topliss-reactive ketones (excluding diaryl/α,β-unsaturated/α-hetero) is 4. The Labute approximate surface area is 462 Å². The van der Waals surface area contributed by atoms with Gasteiger partial charge in [-0.05, 0) is 68.7 Å². The third kappa shape index (κ3) is 25.2. The molecule has 0 unspecified atom stereocenters. The summed E-state index contributed by atoms with van der Waals surface area (Å²) in [4.78, 5) is 77.3. The number of hydrogen-bond donors (Lipinski definition) is 11. The highest BCUT2D eigenvalue weighted by molar-refractivity contribution is 5.97. The van der Waals surface area contributed by atoms with E-state index in [1.54, 1.807) is 98.0 Å². The third-order valence-corrected chi connectivity index (χ3v) is 13.8. The summed E-state index contributed by atoms with van der Waals surface area (Å²) in [5.74, 6) is -7.43. The summed E-state index contributed by atoms with van der Waals surface area (Å²) in [6, 6.07) is 5.24. The Balaban J connectivity index is 1.83. The number of aliphatic hydroxyl groups is 8. The molecule has 3 rings (SSSR count). The van der Waals surface area contributed by atoms with Crippen molar-refractivity contribution in [2.24, 2.45) is 29.4 Å². The fraction of sp³-hybridized carbons (Fsp3) is 0.559. The van der Waals surface area contributed by atoms with Gasteiger partial charge in [-0.1, -0.05) is 106 Å². The minimum atomic E-state index is -1.95. The summed E-state index contributed by atoms with van der Waals surface area (Å²) in [7, 11) is 0. The molecule has 20 nitrogen and oxygen atoms in total. The van der Waals surface area contributed by atoms with Gasteiger partial charge < -0.3 is 71.6 Å². The van der Waals surface area contributed by atoms with E-state index in [1.165, 1.54) is 19.1 Å². The number of aliphatic hydroxyl groups excluding tert-OH is 8. The number of ketones is 4. The highest BCUT2D eigenvalue weighted by atomic mass is 16.7. The average Bonchev–Trinajstić information content (AvgIpc) is 3.36. The largest absolute Gasteiger partial charge is 0.481 e. The number of benzene rings is 1. The summed E-state index contributed by atoms with van der Waals surface area (Å²) in [6.45, 7) is 7.02. The van der Waals surface area contributed by atoms with E-state index in [1.807, 2.05) is 19.9 Å². The van der Waals surface area contributed by atoms with Crippen LogP contribution in [-0.2, 0) is 38.2 Å². The molecule has 0 saturated carbocycles. The number of aliphatic carboxylic acids is 1. The first kappa shape index (κ1) is 67.7. The Morgan fingerprint density at radius 2 is 1.22 bits per heavy atom. The first-order chi connectivity index (χ1) is 37.4. The number of carboxylic acids is 1. The molecule has 1 saturated heterocycles. The number of anilines is 1. The van der Waals surface area contributed by atoms with Crippen molar-refractivity contribution in [1.29, 1.82) is 0 Å². The molecule has 0 radical (unpaired) electrons. The highest BCUT2D eigenvalue weighted by Gasteiger charge is 2.43. The van der Waals surface area contributed by atoms with Crippen molar-refractivity contribution in [1.82, 2.24) is 0 Å². The molecule has 1 aromatic rings. The number of carboxylic acid groups (broad SMARTS) is 1. The van der Waals surface area contributed by atoms with E-state index in [-0.39, 0.29) is 55.6 Å². The smallest absolute Gasteiger partial charge is 0.313 e. The minimum Gasteiger partial charge on any atom is -0.481 e. The van der Waals surface area contributed by atoms with Crippen molar-refractivity contribution in [3.05, 3.63) is 115 Å². The number of ether oxygens (including phenoxy) is 3. The monoisotopic (exact) mass is 1110 g/mol. The standard InChI is InChI=1S/C59H84N2O18/c1-35-18-15-13-11-9-7-5-6-8-10-12-14-16-21-47(78-59-56(74)54(61)55(73)38(4)77-59)33-51(71)53(58(75)76)50(70)31-46(67)30-45(66)29-44(65)28-43(64)27-41(62)19-17-20-42(63)32-52(72)79-57(35)37(3)26-36(2)48(68)34-49(69)39-22-24-40(60)25-23-39/h5-16,18,21-25,35-38,43-45,47-48,50-51,53-57,59,64-66,68,70-71,73-74H,17,19-20,26-34,60-61H2,1-4H3,(H,75,76)/b6-5-,9-7+,10-8-,13-11+,14-12+,18-15+,21-16+/t35-,36-,37-,38+,43-,44-,45-,47-,48-,50-,51-,53+,54-,55+,56-,57-,59-/m0/s1. The van der Waals surface area contributed by atoms with Gasteiger partial charge >= 0.3 is 11.9 Å². The van der Waals surface area contributed by atoms with Gasteiger partial charge in [0.1, 0.15) is 41.9 Å². The Hall–Kier alpha value is -5.62. The first-order valence-electron chi connectivity index (χ1n) is 26.9. The van der Waals surface area contributed by atoms with Gasteiger partial charge in [0.2, 0.25) is 0 Å². The molecule has 0 spiro atoms. The summed E-state index contributed by atoms with van der Waals surface area (Å²) in [5, 5.41) is 96.0. The predicted octanol–water partition coefficient (Wildman–Crippen LogP) is 3.61. The molecule has 0 amide bonds. The van der Waals surface area contributed by atoms with Crippen LogP contribution in [0, 0.1) is 23.7 Å². The second kappa shape index (κ2) is 35.2. The molecular formula is C59H84N2O18. The average molecular weight is 1110 g/mol. The maximum absolute atomic E-state index is 13.3. The van der Waals surface area contributed by atoms with Crippen molar-refractivity contribution in [2.75, 3.05) is 5.73 Å². The summed E-state index contributed by atoms with van der Waals surface area (Å²) in [5.41, 5.74) is 12.7. The lowest BCUT2D eigenvalue weighted by Gasteiger charge is -2.41. The lowest BCUT2D eigenvalue weighted by molar-refractivity contribution is -0.277. The number of esters is 1. The van der Waals surface area contributed by atoms with Gasteiger partial charge in [-0.3, -0.25) is 28.8 Å². The Bertz CT molecular complexity index is 2310. The molecule has 20 heteroatoms. The zero-order chi connectivity index (χ0) is 58.8. The van der Waals surface area contributed by atoms with Crippen molar-refractivity contribution < 1.29 is 88.9 Å². The molecule has 0 bridgehead atoms. The Kier molecular flexibility index (Phi) is 30.1. The van der Waals surface area contributed by atoms with Crippen LogP contribution >= 0.6 is 0 Å². The third-order valence-electron chi connectivity index (χ3n) is 13.8. The number of rotatable bonds is 10. The number of carbonyl (C=O) groups is 6. The highest BCUT2D eigenvalue weighted by Crippen LogP contribution is 2.29. The van der Waals surface area contributed by atoms with Gasteiger partial charge in [0.05, 0.1) is 61.0 Å². The van der Waals surface area contributed by atoms with Crippen molar-refractivity contribution in [2.45, 2.75) is 184 Å². The molecule has 2 aliphatic rings. The van der Waals surface area contributed by atoms with Crippen LogP contribution in [0.15, 0.2) is 109 Å². The second-order valence-corrected chi connectivity index (χ2v) is 20.9. The lowest BCUT2D eigenvalue weighted by Crippen LogP contribution is -2.61. The van der Waals surface area contributed by atoms with Crippen LogP contribution in [0.2, 0.25) is 0 Å². The van der Waals surface area contributed by atoms with E-state index in [4.69, 9.17) is 25.7 Å². The van der Waals surface area contributed by atoms with E-state index >= 15 is 0 Å². The minimum absolute atomic E-state index is 0.0615. The fourth-order valence-corrected chi connectivity index (χ4v) is 9.37. The quantitative estimate of drug-likeness (QED) is 0.0690. The Morgan fingerprint density at radius 3 is 1.78 bits per heavy atom. The first-order valence-corrected chi connectivity index (χ1v) is 26.9. The van der Waals surface area contributed by atoms with E-state index in [9.17, 15) is 74.7 Å². The summed E-state index contributed by atoms with van der Waals surface area (Å²) >= 11 is 0. The van der Waals surface area contributed by atoms with Crippen LogP contribution in [0.5, 0.6) is 0 Å². The number of nitrogens with two attached hydrogens (primary N) is 2. The maximum atomic E-state index is 13.3. The predicted molar refractivity (Wildman–Crippen MR) is 293 cm³/mol. The number of carbonyl (C=O) groups excluding carboxylic acids is 5. The molecule has 1 aromatic carbocycles. The molecular weight excluding hydrogens is 1020 g/mol. The molecule has 2 heterocycles. The van der Waals surface area contributed by atoms with Gasteiger partial charge in [-0.15, -0.1) is 0 Å². The van der Waals surface area contributed by atoms with Crippen LogP contribution in [0.4, 0.5) is 5.69 Å². The lowest BCUT2D eigenvalue weighted by atomic mass is 9.83. The molecule has 438 valence electrons. The number of nitrogen functional groups attached to an aromatic ring is 1. The number of cyclic esters (lactones) is 1. The molecule has 2 aliphatic heterocycles. The van der Waals surface area contributed by atoms with E-state index < -0.39 is 153 Å². The van der Waals surface area contributed by atoms with Crippen LogP contribution in [0.3, 0.4) is 0 Å². The zero-order valence-corrected chi connectivity index (χ0v) is 45.5. The van der Waals surface area contributed by atoms with E-state index in [0.717, 1.165) is 0 Å². The summed E-state index contributed by atoms with van der Waals surface area (Å²) < 4.78 is 17.5. The van der Waals surface area contributed by atoms with Gasteiger partial charge in [0.15, 0.2) is 12.1 Å². The molecule has 13 N–H and O–H groups in total. The van der Waals surface area contributed by atoms with Crippen LogP contribution in [0.1, 0.15) is 115 Å². The van der Waals surface area contributed by atoms with Crippen LogP contribution < -0.4 is 11.5 Å². The van der Waals surface area contributed by atoms with Gasteiger partial charge in [-0.25, -0.2) is 0 Å². The van der Waals surface area contributed by atoms with Gasteiger partial charge in [0, 0.05) is 62.1 Å². The maximum Gasteiger partial charge on any atom is 0.313 e. The number of hydrogen-bond acceptors (Lipinski definition) is 19. The second-order valence-electron chi connectivity index (χ2n) is 20.9. The van der Waals surface area contributed by atoms with Crippen molar-refractivity contribution in [3.63, 3.8) is 0 Å². The van der Waals surface area contributed by atoms with E-state index in [0.29, 0.717) is 17.7 Å². The number of allylic oxidation sites excluding steroid dienone is 12. The van der Waals surface area contributed by atoms with E-state index in [2.05, 4.69) is 0 Å². The SMILES string of the molecule is C[C@H]1/C=C/C=C/C=C/C=C\C=C/C=C/C=C/[C@H](O[C@@H]2O[C@H](C)[C@@H](O)[C@H](N)[C@@H]2O)C[C@H](O)[C@H](C(=O)O)[C@@H](O)CC(=O)C[C@@H](O)C[C@@H](O)C[C@@H](O)CC(=O)CCCC(=O)CC(=O)O[C@@H]1[C@@H](C)C[C@H](C)[C@@H](O)CC(=O)c1ccc(N)cc1. The molecule has 17 atom stereocenters. The van der Waals surface area contributed by atoms with Crippen LogP contribution in [0.25, 0.3) is 0 Å². The fourth-order valence-electron chi connectivity index (χ4n) is 9.37. The molecule has 1 fully saturated rings. The summed E-state index contributed by atoms with van der Waals surface area (Å²) in [6.07, 6.45) is 4.21. The topological polar surface area (TPSA) is 364 Å². The molecule has 0 aliphatic carbocycles. The normalized spacial score (nSPS) is 34.7. The Morgan fingerprint density at radius 1 is 0.684 bits per heavy atom. The van der Waals surface area contributed by atoms with Gasteiger partial charge in [-0.2, -0.15) is 0 Å². The van der Waals surface area contributed by atoms with Gasteiger partial charge in [0.25, 0.3) is 0 Å². The van der Waals surface area contributed by atoms with Crippen molar-refractivity contribution in [3.8, 4) is 0 Å². The molecule has 79 heavy (non-hydrogen) atoms.